The lowest BCUT2D eigenvalue weighted by Crippen LogP contribution is -2.33. The minimum atomic E-state index is -0.474. The van der Waals surface area contributed by atoms with Gasteiger partial charge in [0.25, 0.3) is 5.69 Å². The summed E-state index contributed by atoms with van der Waals surface area (Å²) in [6, 6.07) is 11.3. The van der Waals surface area contributed by atoms with Crippen LogP contribution in [0.1, 0.15) is 11.1 Å². The Balaban J connectivity index is 1.94. The number of halogens is 1. The Bertz CT molecular complexity index is 851. The summed E-state index contributed by atoms with van der Waals surface area (Å²) in [4.78, 5) is 22.1. The van der Waals surface area contributed by atoms with Gasteiger partial charge in [-0.15, -0.1) is 0 Å². The van der Waals surface area contributed by atoms with Gasteiger partial charge in [-0.3, -0.25) is 20.2 Å². The lowest BCUT2D eigenvalue weighted by atomic mass is 10.2. The number of anilines is 1. The van der Waals surface area contributed by atoms with Crippen LogP contribution in [-0.4, -0.2) is 15.9 Å². The number of rotatable bonds is 4. The second-order valence-corrected chi connectivity index (χ2v) is 5.93. The molecular weight excluding hydrogens is 362 g/mol. The lowest BCUT2D eigenvalue weighted by molar-refractivity contribution is -0.384. The van der Waals surface area contributed by atoms with E-state index >= 15 is 0 Å². The van der Waals surface area contributed by atoms with Crippen molar-refractivity contribution in [3.05, 3.63) is 74.8 Å². The fourth-order valence-electron chi connectivity index (χ4n) is 1.95. The van der Waals surface area contributed by atoms with E-state index in [1.165, 1.54) is 24.3 Å². The monoisotopic (exact) mass is 375 g/mol. The summed E-state index contributed by atoms with van der Waals surface area (Å²) in [6.45, 7) is 1.71. The lowest BCUT2D eigenvalue weighted by Gasteiger charge is -2.10. The third-order valence-electron chi connectivity index (χ3n) is 3.20. The van der Waals surface area contributed by atoms with Gasteiger partial charge in [-0.2, -0.15) is 0 Å². The SMILES string of the molecule is Cc1cc([N+](=O)[O-])ccc1NC(=S)NC(=O)/C=C/c1ccc(Cl)cc1. The number of carbonyl (C=O) groups is 1. The van der Waals surface area contributed by atoms with Gasteiger partial charge in [-0.1, -0.05) is 23.7 Å². The predicted octanol–water partition coefficient (Wildman–Crippen LogP) is 4.08. The Kier molecular flexibility index (Phi) is 6.21. The highest BCUT2D eigenvalue weighted by molar-refractivity contribution is 7.80. The number of non-ortho nitro benzene ring substituents is 1. The molecule has 0 aromatic heterocycles. The molecule has 2 rings (SSSR count). The second kappa shape index (κ2) is 8.36. The van der Waals surface area contributed by atoms with Gasteiger partial charge < -0.3 is 5.32 Å². The summed E-state index contributed by atoms with van der Waals surface area (Å²) in [5, 5.41) is 16.8. The van der Waals surface area contributed by atoms with Gasteiger partial charge in [0.05, 0.1) is 4.92 Å². The molecule has 0 atom stereocenters. The van der Waals surface area contributed by atoms with Crippen LogP contribution >= 0.6 is 23.8 Å². The number of hydrogen-bond donors (Lipinski definition) is 2. The van der Waals surface area contributed by atoms with Gasteiger partial charge in [-0.25, -0.2) is 0 Å². The summed E-state index contributed by atoms with van der Waals surface area (Å²) < 4.78 is 0. The Morgan fingerprint density at radius 3 is 2.52 bits per heavy atom. The zero-order valence-electron chi connectivity index (χ0n) is 13.2. The summed E-state index contributed by atoms with van der Waals surface area (Å²) in [7, 11) is 0. The molecule has 6 nitrogen and oxygen atoms in total. The van der Waals surface area contributed by atoms with E-state index in [0.717, 1.165) is 5.56 Å². The van der Waals surface area contributed by atoms with Gasteiger partial charge in [0.2, 0.25) is 5.91 Å². The first-order chi connectivity index (χ1) is 11.8. The summed E-state index contributed by atoms with van der Waals surface area (Å²) >= 11 is 10.9. The molecule has 0 aliphatic carbocycles. The third kappa shape index (κ3) is 5.66. The molecule has 0 spiro atoms. The smallest absolute Gasteiger partial charge is 0.269 e. The number of aryl methyl sites for hydroxylation is 1. The molecule has 8 heteroatoms. The zero-order valence-corrected chi connectivity index (χ0v) is 14.7. The van der Waals surface area contributed by atoms with Gasteiger partial charge in [0, 0.05) is 28.9 Å². The average molecular weight is 376 g/mol. The van der Waals surface area contributed by atoms with Crippen LogP contribution in [0.2, 0.25) is 5.02 Å². The maximum Gasteiger partial charge on any atom is 0.269 e. The van der Waals surface area contributed by atoms with E-state index in [9.17, 15) is 14.9 Å². The Morgan fingerprint density at radius 2 is 1.92 bits per heavy atom. The molecule has 2 aromatic rings. The van der Waals surface area contributed by atoms with Crippen LogP contribution in [0, 0.1) is 17.0 Å². The topological polar surface area (TPSA) is 84.3 Å². The van der Waals surface area contributed by atoms with E-state index in [2.05, 4.69) is 10.6 Å². The summed E-state index contributed by atoms with van der Waals surface area (Å²) in [6.07, 6.45) is 2.98. The number of nitro benzene ring substituents is 1. The van der Waals surface area contributed by atoms with E-state index < -0.39 is 10.8 Å². The zero-order chi connectivity index (χ0) is 18.4. The van der Waals surface area contributed by atoms with Gasteiger partial charge >= 0.3 is 0 Å². The molecular formula is C17H14ClN3O3S. The number of nitrogens with zero attached hydrogens (tertiary/aromatic N) is 1. The van der Waals surface area contributed by atoms with Crippen LogP contribution in [0.5, 0.6) is 0 Å². The molecule has 1 amide bonds. The molecule has 2 aromatic carbocycles. The Morgan fingerprint density at radius 1 is 1.24 bits per heavy atom. The standard InChI is InChI=1S/C17H14ClN3O3S/c1-11-10-14(21(23)24)7-8-15(11)19-17(25)20-16(22)9-4-12-2-5-13(18)6-3-12/h2-10H,1H3,(H2,19,20,22,25)/b9-4+. The fraction of sp³-hybridized carbons (Fsp3) is 0.0588. The van der Waals surface area contributed by atoms with Crippen molar-refractivity contribution < 1.29 is 9.72 Å². The Hall–Kier alpha value is -2.77. The fourth-order valence-corrected chi connectivity index (χ4v) is 2.29. The number of nitro groups is 1. The number of carbonyl (C=O) groups excluding carboxylic acids is 1. The second-order valence-electron chi connectivity index (χ2n) is 5.08. The predicted molar refractivity (Wildman–Crippen MR) is 103 cm³/mol. The minimum absolute atomic E-state index is 0.0103. The van der Waals surface area contributed by atoms with Crippen molar-refractivity contribution in [1.29, 1.82) is 0 Å². The Labute approximate surface area is 154 Å². The number of amides is 1. The van der Waals surface area contributed by atoms with Crippen molar-refractivity contribution in [2.45, 2.75) is 6.92 Å². The largest absolute Gasteiger partial charge is 0.332 e. The number of thiocarbonyl (C=S) groups is 1. The van der Waals surface area contributed by atoms with Crippen LogP contribution in [-0.2, 0) is 4.79 Å². The van der Waals surface area contributed by atoms with Crippen molar-refractivity contribution in [2.75, 3.05) is 5.32 Å². The highest BCUT2D eigenvalue weighted by atomic mass is 35.5. The highest BCUT2D eigenvalue weighted by Crippen LogP contribution is 2.21. The van der Waals surface area contributed by atoms with Crippen LogP contribution in [0.15, 0.2) is 48.5 Å². The molecule has 0 saturated carbocycles. The first kappa shape index (κ1) is 18.6. The van der Waals surface area contributed by atoms with E-state index in [0.29, 0.717) is 16.3 Å². The number of benzene rings is 2. The number of hydrogen-bond acceptors (Lipinski definition) is 4. The quantitative estimate of drug-likeness (QED) is 0.364. The maximum absolute atomic E-state index is 11.9. The van der Waals surface area contributed by atoms with Gasteiger partial charge in [0.1, 0.15) is 0 Å². The maximum atomic E-state index is 11.9. The van der Waals surface area contributed by atoms with Crippen LogP contribution in [0.25, 0.3) is 6.08 Å². The van der Waals surface area contributed by atoms with Gasteiger partial charge in [0.15, 0.2) is 5.11 Å². The van der Waals surface area contributed by atoms with Crippen molar-refractivity contribution >= 4 is 52.3 Å². The molecule has 2 N–H and O–H groups in total. The van der Waals surface area contributed by atoms with E-state index in [4.69, 9.17) is 23.8 Å². The molecule has 25 heavy (non-hydrogen) atoms. The molecule has 0 radical (unpaired) electrons. The van der Waals surface area contributed by atoms with E-state index in [1.807, 2.05) is 0 Å². The average Bonchev–Trinajstić information content (AvgIpc) is 2.56. The third-order valence-corrected chi connectivity index (χ3v) is 3.66. The summed E-state index contributed by atoms with van der Waals surface area (Å²) in [5.41, 5.74) is 2.04. The normalized spacial score (nSPS) is 10.5. The molecule has 0 bridgehead atoms. The first-order valence-corrected chi connectivity index (χ1v) is 7.94. The molecule has 0 unspecified atom stereocenters. The molecule has 0 saturated heterocycles. The highest BCUT2D eigenvalue weighted by Gasteiger charge is 2.09. The summed E-state index contributed by atoms with van der Waals surface area (Å²) in [5.74, 6) is -0.396. The van der Waals surface area contributed by atoms with Crippen molar-refractivity contribution in [2.24, 2.45) is 0 Å². The van der Waals surface area contributed by atoms with Crippen LogP contribution in [0.3, 0.4) is 0 Å². The van der Waals surface area contributed by atoms with Gasteiger partial charge in [-0.05, 0) is 54.5 Å². The molecule has 0 fully saturated rings. The van der Waals surface area contributed by atoms with E-state index in [1.54, 1.807) is 37.3 Å². The molecule has 0 heterocycles. The van der Waals surface area contributed by atoms with E-state index in [-0.39, 0.29) is 10.8 Å². The molecule has 0 aliphatic rings. The molecule has 0 aliphatic heterocycles. The molecule has 128 valence electrons. The first-order valence-electron chi connectivity index (χ1n) is 7.16. The van der Waals surface area contributed by atoms with Crippen LogP contribution in [0.4, 0.5) is 11.4 Å². The minimum Gasteiger partial charge on any atom is -0.332 e. The van der Waals surface area contributed by atoms with Crippen molar-refractivity contribution in [3.8, 4) is 0 Å². The van der Waals surface area contributed by atoms with Crippen molar-refractivity contribution in [1.82, 2.24) is 5.32 Å². The van der Waals surface area contributed by atoms with Crippen molar-refractivity contribution in [3.63, 3.8) is 0 Å². The number of nitrogens with one attached hydrogen (secondary N) is 2. The van der Waals surface area contributed by atoms with Crippen LogP contribution < -0.4 is 10.6 Å².